The first kappa shape index (κ1) is 28.8. The van der Waals surface area contributed by atoms with Crippen molar-refractivity contribution in [1.82, 2.24) is 10.2 Å². The standard InChI is InChI=1S/C29H34FN3O4S/c1-20(2)31-29(35)23(5)32(18-24-8-6-7-22(4)17-24)28(34)19-33(26-13-11-25(30)12-14-26)38(36,37)27-15-9-21(3)10-16-27/h6-17,20,23H,18-19H2,1-5H3,(H,31,35)/t23-/m1/s1. The number of halogens is 1. The van der Waals surface area contributed by atoms with Crippen LogP contribution in [-0.2, 0) is 26.2 Å². The Bertz CT molecular complexity index is 1370. The molecule has 9 heteroatoms. The lowest BCUT2D eigenvalue weighted by atomic mass is 10.1. The molecule has 3 aromatic carbocycles. The summed E-state index contributed by atoms with van der Waals surface area (Å²) in [7, 11) is -4.19. The first-order valence-electron chi connectivity index (χ1n) is 12.4. The molecule has 202 valence electrons. The molecule has 0 saturated carbocycles. The summed E-state index contributed by atoms with van der Waals surface area (Å²) in [5.74, 6) is -1.46. The fraction of sp³-hybridized carbons (Fsp3) is 0.310. The van der Waals surface area contributed by atoms with Gasteiger partial charge in [-0.1, -0.05) is 47.5 Å². The molecule has 0 aromatic heterocycles. The Hall–Kier alpha value is -3.72. The average molecular weight is 540 g/mol. The third-order valence-electron chi connectivity index (χ3n) is 6.04. The molecule has 1 N–H and O–H groups in total. The number of sulfonamides is 1. The normalized spacial score (nSPS) is 12.2. The van der Waals surface area contributed by atoms with Gasteiger partial charge in [0.1, 0.15) is 18.4 Å². The number of anilines is 1. The van der Waals surface area contributed by atoms with Crippen molar-refractivity contribution in [1.29, 1.82) is 0 Å². The second-order valence-electron chi connectivity index (χ2n) is 9.65. The number of nitrogens with one attached hydrogen (secondary N) is 1. The van der Waals surface area contributed by atoms with E-state index in [0.29, 0.717) is 0 Å². The van der Waals surface area contributed by atoms with Crippen molar-refractivity contribution in [3.05, 3.63) is 95.3 Å². The van der Waals surface area contributed by atoms with Crippen molar-refractivity contribution in [2.75, 3.05) is 10.8 Å². The zero-order valence-electron chi connectivity index (χ0n) is 22.3. The molecule has 3 rings (SSSR count). The number of rotatable bonds is 10. The largest absolute Gasteiger partial charge is 0.352 e. The fourth-order valence-corrected chi connectivity index (χ4v) is 5.38. The monoisotopic (exact) mass is 539 g/mol. The van der Waals surface area contributed by atoms with Gasteiger partial charge in [-0.2, -0.15) is 0 Å². The van der Waals surface area contributed by atoms with E-state index in [2.05, 4.69) is 5.32 Å². The second-order valence-corrected chi connectivity index (χ2v) is 11.5. The van der Waals surface area contributed by atoms with E-state index in [9.17, 15) is 22.4 Å². The van der Waals surface area contributed by atoms with E-state index in [1.165, 1.54) is 29.2 Å². The molecule has 1 atom stereocenters. The predicted octanol–water partition coefficient (Wildman–Crippen LogP) is 4.58. The Morgan fingerprint density at radius 3 is 2.11 bits per heavy atom. The quantitative estimate of drug-likeness (QED) is 0.409. The Balaban J connectivity index is 2.02. The van der Waals surface area contributed by atoms with Gasteiger partial charge in [-0.05, 0) is 76.6 Å². The van der Waals surface area contributed by atoms with Crippen LogP contribution in [0.4, 0.5) is 10.1 Å². The number of benzene rings is 3. The molecule has 0 heterocycles. The van der Waals surface area contributed by atoms with Gasteiger partial charge in [0.05, 0.1) is 10.6 Å². The van der Waals surface area contributed by atoms with Crippen LogP contribution < -0.4 is 9.62 Å². The maximum absolute atomic E-state index is 13.8. The van der Waals surface area contributed by atoms with E-state index in [1.807, 2.05) is 52.0 Å². The molecule has 0 bridgehead atoms. The minimum atomic E-state index is -4.19. The molecule has 0 aliphatic carbocycles. The van der Waals surface area contributed by atoms with Crippen LogP contribution in [0.2, 0.25) is 0 Å². The zero-order valence-corrected chi connectivity index (χ0v) is 23.1. The summed E-state index contributed by atoms with van der Waals surface area (Å²) in [5.41, 5.74) is 2.80. The van der Waals surface area contributed by atoms with Gasteiger partial charge in [0.25, 0.3) is 10.0 Å². The third kappa shape index (κ3) is 7.19. The highest BCUT2D eigenvalue weighted by molar-refractivity contribution is 7.92. The number of hydrogen-bond acceptors (Lipinski definition) is 4. The van der Waals surface area contributed by atoms with Gasteiger partial charge in [-0.3, -0.25) is 13.9 Å². The van der Waals surface area contributed by atoms with Crippen molar-refractivity contribution >= 4 is 27.5 Å². The molecule has 3 aromatic rings. The lowest BCUT2D eigenvalue weighted by molar-refractivity contribution is -0.139. The number of hydrogen-bond donors (Lipinski definition) is 1. The van der Waals surface area contributed by atoms with Crippen LogP contribution in [0.1, 0.15) is 37.5 Å². The molecule has 2 amide bonds. The third-order valence-corrected chi connectivity index (χ3v) is 7.82. The first-order valence-corrected chi connectivity index (χ1v) is 13.8. The topological polar surface area (TPSA) is 86.8 Å². The summed E-state index contributed by atoms with van der Waals surface area (Å²) in [6.45, 7) is 8.55. The average Bonchev–Trinajstić information content (AvgIpc) is 2.86. The predicted molar refractivity (Wildman–Crippen MR) is 147 cm³/mol. The van der Waals surface area contributed by atoms with Crippen LogP contribution in [0.3, 0.4) is 0 Å². The minimum absolute atomic E-state index is 0.00365. The smallest absolute Gasteiger partial charge is 0.264 e. The fourth-order valence-electron chi connectivity index (χ4n) is 3.97. The van der Waals surface area contributed by atoms with Crippen LogP contribution in [-0.4, -0.2) is 43.8 Å². The van der Waals surface area contributed by atoms with Crippen LogP contribution in [0.15, 0.2) is 77.7 Å². The number of carbonyl (C=O) groups excluding carboxylic acids is 2. The number of nitrogens with zero attached hydrogens (tertiary/aromatic N) is 2. The zero-order chi connectivity index (χ0) is 28.0. The Kier molecular flexibility index (Phi) is 9.27. The first-order chi connectivity index (χ1) is 17.9. The van der Waals surface area contributed by atoms with Crippen molar-refractivity contribution in [2.45, 2.75) is 58.1 Å². The number of carbonyl (C=O) groups is 2. The molecule has 0 fully saturated rings. The summed E-state index contributed by atoms with van der Waals surface area (Å²) in [6.07, 6.45) is 0. The molecule has 0 saturated heterocycles. The number of amides is 2. The van der Waals surface area contributed by atoms with Gasteiger partial charge in [-0.15, -0.1) is 0 Å². The van der Waals surface area contributed by atoms with E-state index >= 15 is 0 Å². The molecule has 0 unspecified atom stereocenters. The molecule has 0 aliphatic heterocycles. The van der Waals surface area contributed by atoms with Gasteiger partial charge >= 0.3 is 0 Å². The lowest BCUT2D eigenvalue weighted by Gasteiger charge is -2.32. The highest BCUT2D eigenvalue weighted by Crippen LogP contribution is 2.25. The number of aryl methyl sites for hydroxylation is 2. The van der Waals surface area contributed by atoms with Crippen LogP contribution in [0.5, 0.6) is 0 Å². The van der Waals surface area contributed by atoms with E-state index < -0.39 is 34.3 Å². The Morgan fingerprint density at radius 2 is 1.53 bits per heavy atom. The van der Waals surface area contributed by atoms with Crippen LogP contribution >= 0.6 is 0 Å². The highest BCUT2D eigenvalue weighted by atomic mass is 32.2. The molecular weight excluding hydrogens is 505 g/mol. The molecule has 0 aliphatic rings. The summed E-state index contributed by atoms with van der Waals surface area (Å²) < 4.78 is 42.1. The van der Waals surface area contributed by atoms with Crippen molar-refractivity contribution in [3.63, 3.8) is 0 Å². The van der Waals surface area contributed by atoms with Gasteiger partial charge in [0.2, 0.25) is 11.8 Å². The molecule has 7 nitrogen and oxygen atoms in total. The molecule has 38 heavy (non-hydrogen) atoms. The van der Waals surface area contributed by atoms with E-state index in [0.717, 1.165) is 33.1 Å². The van der Waals surface area contributed by atoms with Gasteiger partial charge in [0, 0.05) is 12.6 Å². The van der Waals surface area contributed by atoms with E-state index in [-0.39, 0.29) is 29.1 Å². The summed E-state index contributed by atoms with van der Waals surface area (Å²) >= 11 is 0. The maximum Gasteiger partial charge on any atom is 0.264 e. The van der Waals surface area contributed by atoms with Crippen LogP contribution in [0, 0.1) is 19.7 Å². The maximum atomic E-state index is 13.8. The molecular formula is C29H34FN3O4S. The van der Waals surface area contributed by atoms with Gasteiger partial charge in [-0.25, -0.2) is 12.8 Å². The van der Waals surface area contributed by atoms with Gasteiger partial charge in [0.15, 0.2) is 0 Å². The van der Waals surface area contributed by atoms with Gasteiger partial charge < -0.3 is 10.2 Å². The summed E-state index contributed by atoms with van der Waals surface area (Å²) in [4.78, 5) is 28.1. The Morgan fingerprint density at radius 1 is 0.895 bits per heavy atom. The minimum Gasteiger partial charge on any atom is -0.352 e. The SMILES string of the molecule is Cc1ccc(S(=O)(=O)N(CC(=O)N(Cc2cccc(C)c2)[C@H](C)C(=O)NC(C)C)c2ccc(F)cc2)cc1. The van der Waals surface area contributed by atoms with Crippen molar-refractivity contribution in [3.8, 4) is 0 Å². The second kappa shape index (κ2) is 12.2. The highest BCUT2D eigenvalue weighted by Gasteiger charge is 2.32. The van der Waals surface area contributed by atoms with Crippen molar-refractivity contribution in [2.24, 2.45) is 0 Å². The van der Waals surface area contributed by atoms with E-state index in [1.54, 1.807) is 19.1 Å². The van der Waals surface area contributed by atoms with Crippen LogP contribution in [0.25, 0.3) is 0 Å². The van der Waals surface area contributed by atoms with Crippen molar-refractivity contribution < 1.29 is 22.4 Å². The summed E-state index contributed by atoms with van der Waals surface area (Å²) in [5, 5.41) is 2.82. The lowest BCUT2D eigenvalue weighted by Crippen LogP contribution is -2.52. The van der Waals surface area contributed by atoms with E-state index in [4.69, 9.17) is 0 Å². The molecule has 0 spiro atoms. The molecule has 0 radical (unpaired) electrons. The Labute approximate surface area is 224 Å². The summed E-state index contributed by atoms with van der Waals surface area (Å²) in [6, 6.07) is 17.7.